The van der Waals surface area contributed by atoms with Crippen molar-refractivity contribution in [3.63, 3.8) is 0 Å². The largest absolute Gasteiger partial charge is 0.507 e. The number of nitrogens with zero attached hydrogens (tertiary/aromatic N) is 3. The molecule has 0 fully saturated rings. The van der Waals surface area contributed by atoms with Crippen LogP contribution in [-0.2, 0) is 0 Å². The predicted octanol–water partition coefficient (Wildman–Crippen LogP) is 5.17. The number of phenols is 1. The van der Waals surface area contributed by atoms with Gasteiger partial charge in [-0.1, -0.05) is 60.7 Å². The fourth-order valence-electron chi connectivity index (χ4n) is 3.67. The Morgan fingerprint density at radius 1 is 1.03 bits per heavy atom. The maximum atomic E-state index is 13.3. The van der Waals surface area contributed by atoms with Crippen molar-refractivity contribution < 1.29 is 5.11 Å². The minimum absolute atomic E-state index is 0.107. The molecule has 2 aromatic heterocycles. The molecular weight excluding hydrogens is 394 g/mol. The fraction of sp³-hybridized carbons (Fsp3) is 0.0417. The number of aromatic hydroxyl groups is 1. The molecule has 0 aliphatic rings. The van der Waals surface area contributed by atoms with Crippen LogP contribution in [0, 0.1) is 6.92 Å². The summed E-state index contributed by atoms with van der Waals surface area (Å²) in [5.41, 5.74) is 2.20. The van der Waals surface area contributed by atoms with Crippen LogP contribution in [-0.4, -0.2) is 21.0 Å². The van der Waals surface area contributed by atoms with Crippen LogP contribution in [0.3, 0.4) is 0 Å². The molecule has 0 aliphatic heterocycles. The average Bonchev–Trinajstić information content (AvgIpc) is 3.11. The molecule has 0 bridgehead atoms. The average molecular weight is 411 g/mol. The molecule has 0 unspecified atom stereocenters. The van der Waals surface area contributed by atoms with Crippen molar-refractivity contribution in [3.8, 4) is 16.9 Å². The summed E-state index contributed by atoms with van der Waals surface area (Å²) >= 11 is 1.50. The van der Waals surface area contributed by atoms with E-state index in [9.17, 15) is 9.90 Å². The maximum absolute atomic E-state index is 13.3. The van der Waals surface area contributed by atoms with Gasteiger partial charge in [-0.25, -0.2) is 4.98 Å². The molecule has 0 aliphatic carbocycles. The molecule has 146 valence electrons. The molecular formula is C24H17N3O2S. The lowest BCUT2D eigenvalue weighted by Gasteiger charge is -2.05. The molecule has 2 heterocycles. The van der Waals surface area contributed by atoms with E-state index in [0.29, 0.717) is 15.8 Å². The van der Waals surface area contributed by atoms with E-state index in [-0.39, 0.29) is 11.3 Å². The van der Waals surface area contributed by atoms with Crippen LogP contribution in [0.1, 0.15) is 10.4 Å². The quantitative estimate of drug-likeness (QED) is 0.416. The van der Waals surface area contributed by atoms with Crippen LogP contribution in [0.5, 0.6) is 5.75 Å². The Balaban J connectivity index is 1.68. The smallest absolute Gasteiger partial charge is 0.283 e. The summed E-state index contributed by atoms with van der Waals surface area (Å²) in [4.78, 5) is 19.4. The monoisotopic (exact) mass is 411 g/mol. The molecule has 5 nitrogen and oxygen atoms in total. The summed E-state index contributed by atoms with van der Waals surface area (Å²) in [6.45, 7) is 2.00. The zero-order chi connectivity index (χ0) is 20.7. The normalized spacial score (nSPS) is 11.6. The second-order valence-electron chi connectivity index (χ2n) is 6.94. The van der Waals surface area contributed by atoms with Gasteiger partial charge in [-0.15, -0.1) is 11.3 Å². The van der Waals surface area contributed by atoms with Gasteiger partial charge in [0.15, 0.2) is 0 Å². The van der Waals surface area contributed by atoms with Gasteiger partial charge in [0, 0.05) is 16.0 Å². The van der Waals surface area contributed by atoms with Gasteiger partial charge in [0.2, 0.25) is 0 Å². The highest BCUT2D eigenvalue weighted by Crippen LogP contribution is 2.35. The summed E-state index contributed by atoms with van der Waals surface area (Å²) in [6, 6.07) is 21.0. The van der Waals surface area contributed by atoms with E-state index in [1.165, 1.54) is 28.6 Å². The van der Waals surface area contributed by atoms with E-state index in [1.807, 2.05) is 67.6 Å². The number of thiophene rings is 1. The molecule has 0 saturated heterocycles. The van der Waals surface area contributed by atoms with Gasteiger partial charge in [0.1, 0.15) is 16.9 Å². The molecule has 1 N–H and O–H groups in total. The van der Waals surface area contributed by atoms with E-state index in [2.05, 4.69) is 10.1 Å². The lowest BCUT2D eigenvalue weighted by molar-refractivity contribution is 0.475. The molecule has 5 rings (SSSR count). The van der Waals surface area contributed by atoms with Crippen molar-refractivity contribution in [2.24, 2.45) is 5.10 Å². The Morgan fingerprint density at radius 3 is 2.63 bits per heavy atom. The molecule has 3 aromatic carbocycles. The van der Waals surface area contributed by atoms with Crippen molar-refractivity contribution in [2.75, 3.05) is 0 Å². The Bertz CT molecular complexity index is 1480. The van der Waals surface area contributed by atoms with Crippen molar-refractivity contribution >= 4 is 38.5 Å². The second-order valence-corrected chi connectivity index (χ2v) is 8.14. The molecule has 0 spiro atoms. The Hall–Kier alpha value is -3.77. The van der Waals surface area contributed by atoms with E-state index in [0.717, 1.165) is 26.8 Å². The number of aromatic nitrogens is 2. The molecule has 0 radical (unpaired) electrons. The van der Waals surface area contributed by atoms with Crippen molar-refractivity contribution in [3.05, 3.63) is 93.9 Å². The van der Waals surface area contributed by atoms with Gasteiger partial charge in [-0.05, 0) is 29.3 Å². The Morgan fingerprint density at radius 2 is 1.80 bits per heavy atom. The topological polar surface area (TPSA) is 67.5 Å². The van der Waals surface area contributed by atoms with Gasteiger partial charge >= 0.3 is 0 Å². The van der Waals surface area contributed by atoms with Crippen LogP contribution in [0.15, 0.2) is 83.0 Å². The maximum Gasteiger partial charge on any atom is 0.283 e. The summed E-state index contributed by atoms with van der Waals surface area (Å²) in [5, 5.41) is 17.1. The lowest BCUT2D eigenvalue weighted by atomic mass is 10.0. The van der Waals surface area contributed by atoms with Gasteiger partial charge in [-0.2, -0.15) is 9.78 Å². The highest BCUT2D eigenvalue weighted by Gasteiger charge is 2.16. The minimum atomic E-state index is -0.237. The van der Waals surface area contributed by atoms with Crippen LogP contribution in [0.2, 0.25) is 0 Å². The summed E-state index contributed by atoms with van der Waals surface area (Å²) in [6.07, 6.45) is 2.93. The Labute approximate surface area is 176 Å². The van der Waals surface area contributed by atoms with Gasteiger partial charge < -0.3 is 5.11 Å². The number of hydrogen-bond donors (Lipinski definition) is 1. The second kappa shape index (κ2) is 7.24. The summed E-state index contributed by atoms with van der Waals surface area (Å²) in [5.74, 6) is 0.107. The van der Waals surface area contributed by atoms with Gasteiger partial charge in [0.05, 0.1) is 11.6 Å². The molecule has 30 heavy (non-hydrogen) atoms. The minimum Gasteiger partial charge on any atom is -0.507 e. The van der Waals surface area contributed by atoms with Crippen molar-refractivity contribution in [1.82, 2.24) is 9.66 Å². The molecule has 0 atom stereocenters. The number of hydrogen-bond acceptors (Lipinski definition) is 5. The van der Waals surface area contributed by atoms with Crippen LogP contribution >= 0.6 is 11.3 Å². The molecule has 6 heteroatoms. The van der Waals surface area contributed by atoms with Crippen LogP contribution in [0.4, 0.5) is 0 Å². The van der Waals surface area contributed by atoms with Gasteiger partial charge in [0.25, 0.3) is 5.56 Å². The van der Waals surface area contributed by atoms with E-state index >= 15 is 0 Å². The van der Waals surface area contributed by atoms with E-state index in [4.69, 9.17) is 0 Å². The molecule has 0 amide bonds. The third-order valence-electron chi connectivity index (χ3n) is 5.09. The third kappa shape index (κ3) is 2.98. The highest BCUT2D eigenvalue weighted by molar-refractivity contribution is 7.19. The third-order valence-corrected chi connectivity index (χ3v) is 6.11. The highest BCUT2D eigenvalue weighted by atomic mass is 32.1. The van der Waals surface area contributed by atoms with Gasteiger partial charge in [-0.3, -0.25) is 4.79 Å². The SMILES string of the molecule is Cc1sc2ncn(/N=C/c3c(O)ccc4ccccc34)c(=O)c2c1-c1ccccc1. The first-order valence-corrected chi connectivity index (χ1v) is 10.3. The first-order chi connectivity index (χ1) is 14.6. The van der Waals surface area contributed by atoms with E-state index in [1.54, 1.807) is 6.07 Å². The number of rotatable bonds is 3. The number of aryl methyl sites for hydroxylation is 1. The van der Waals surface area contributed by atoms with Crippen molar-refractivity contribution in [1.29, 1.82) is 0 Å². The summed E-state index contributed by atoms with van der Waals surface area (Å²) in [7, 11) is 0. The number of benzene rings is 3. The van der Waals surface area contributed by atoms with Crippen LogP contribution in [0.25, 0.3) is 32.1 Å². The summed E-state index contributed by atoms with van der Waals surface area (Å²) < 4.78 is 1.22. The number of fused-ring (bicyclic) bond motifs is 2. The molecule has 5 aromatic rings. The molecule has 0 saturated carbocycles. The first-order valence-electron chi connectivity index (χ1n) is 9.45. The lowest BCUT2D eigenvalue weighted by Crippen LogP contribution is -2.17. The standard InChI is InChI=1S/C24H17N3O2S/c1-15-21(17-8-3-2-4-9-17)22-23(30-15)25-14-27(24(22)29)26-13-19-18-10-6-5-7-16(18)11-12-20(19)28/h2-14,28H,1H3/b26-13+. The fourth-order valence-corrected chi connectivity index (χ4v) is 4.67. The van der Waals surface area contributed by atoms with E-state index < -0.39 is 0 Å². The van der Waals surface area contributed by atoms with Crippen LogP contribution < -0.4 is 5.56 Å². The zero-order valence-electron chi connectivity index (χ0n) is 16.1. The Kier molecular flexibility index (Phi) is 4.41. The first kappa shape index (κ1) is 18.3. The predicted molar refractivity (Wildman–Crippen MR) is 123 cm³/mol. The van der Waals surface area contributed by atoms with Crippen molar-refractivity contribution in [2.45, 2.75) is 6.92 Å². The zero-order valence-corrected chi connectivity index (χ0v) is 16.9. The number of phenolic OH excluding ortho intramolecular Hbond substituents is 1.